The molecule has 1 saturated heterocycles. The zero-order valence-corrected chi connectivity index (χ0v) is 13.8. The van der Waals surface area contributed by atoms with E-state index in [-0.39, 0.29) is 0 Å². The molecule has 1 aliphatic rings. The highest BCUT2D eigenvalue weighted by molar-refractivity contribution is 7.99. The van der Waals surface area contributed by atoms with Crippen molar-refractivity contribution in [3.8, 4) is 0 Å². The summed E-state index contributed by atoms with van der Waals surface area (Å²) in [4.78, 5) is 0. The van der Waals surface area contributed by atoms with Gasteiger partial charge in [-0.1, -0.05) is 44.2 Å². The molecular weight excluding hydrogens is 264 g/mol. The van der Waals surface area contributed by atoms with Crippen molar-refractivity contribution in [3.05, 3.63) is 35.9 Å². The molecule has 1 aromatic carbocycles. The molecule has 0 spiro atoms. The maximum Gasteiger partial charge on any atom is 0.0716 e. The van der Waals surface area contributed by atoms with Crippen molar-refractivity contribution in [3.63, 3.8) is 0 Å². The molecule has 1 heterocycles. The predicted octanol–water partition coefficient (Wildman–Crippen LogP) is 5.15. The standard InChI is InChI=1S/C18H28OS/c1-16(2)14-18(9-12-20-13-10-18)8-11-19-15-17-6-4-3-5-7-17/h3-7,16H,8-15H2,1-2H3. The molecule has 1 aromatic rings. The second-order valence-electron chi connectivity index (χ2n) is 6.50. The Hall–Kier alpha value is -0.470. The molecule has 0 radical (unpaired) electrons. The molecule has 1 aliphatic heterocycles. The molecule has 0 bridgehead atoms. The van der Waals surface area contributed by atoms with Crippen LogP contribution in [-0.4, -0.2) is 18.1 Å². The zero-order valence-electron chi connectivity index (χ0n) is 12.9. The van der Waals surface area contributed by atoms with Crippen molar-refractivity contribution in [1.82, 2.24) is 0 Å². The lowest BCUT2D eigenvalue weighted by atomic mass is 9.73. The molecule has 0 unspecified atom stereocenters. The summed E-state index contributed by atoms with van der Waals surface area (Å²) in [5, 5.41) is 0. The summed E-state index contributed by atoms with van der Waals surface area (Å²) in [5.74, 6) is 3.48. The van der Waals surface area contributed by atoms with E-state index in [1.54, 1.807) is 0 Å². The van der Waals surface area contributed by atoms with Crippen molar-refractivity contribution in [2.45, 2.75) is 46.1 Å². The molecule has 0 atom stereocenters. The van der Waals surface area contributed by atoms with Crippen molar-refractivity contribution < 1.29 is 4.74 Å². The number of thioether (sulfide) groups is 1. The first kappa shape index (κ1) is 15.9. The quantitative estimate of drug-likeness (QED) is 0.642. The molecule has 1 fully saturated rings. The van der Waals surface area contributed by atoms with Gasteiger partial charge in [-0.05, 0) is 54.1 Å². The molecule has 0 aromatic heterocycles. The van der Waals surface area contributed by atoms with Crippen LogP contribution in [0.25, 0.3) is 0 Å². The Labute approximate surface area is 128 Å². The SMILES string of the molecule is CC(C)CC1(CCOCc2ccccc2)CCSCC1. The Morgan fingerprint density at radius 1 is 1.15 bits per heavy atom. The lowest BCUT2D eigenvalue weighted by molar-refractivity contribution is 0.0689. The summed E-state index contributed by atoms with van der Waals surface area (Å²) in [5.41, 5.74) is 1.83. The van der Waals surface area contributed by atoms with Crippen LogP contribution < -0.4 is 0 Å². The smallest absolute Gasteiger partial charge is 0.0716 e. The first-order valence-corrected chi connectivity index (χ1v) is 9.05. The van der Waals surface area contributed by atoms with Gasteiger partial charge in [-0.15, -0.1) is 0 Å². The maximum absolute atomic E-state index is 5.92. The van der Waals surface area contributed by atoms with E-state index >= 15 is 0 Å². The average Bonchev–Trinajstić information content (AvgIpc) is 2.45. The Morgan fingerprint density at radius 2 is 1.85 bits per heavy atom. The minimum Gasteiger partial charge on any atom is -0.377 e. The van der Waals surface area contributed by atoms with Gasteiger partial charge < -0.3 is 4.74 Å². The summed E-state index contributed by atoms with van der Waals surface area (Å²) in [6.45, 7) is 6.38. The zero-order chi connectivity index (χ0) is 14.3. The summed E-state index contributed by atoms with van der Waals surface area (Å²) >= 11 is 2.12. The van der Waals surface area contributed by atoms with Gasteiger partial charge in [0.1, 0.15) is 0 Å². The summed E-state index contributed by atoms with van der Waals surface area (Å²) in [7, 11) is 0. The van der Waals surface area contributed by atoms with Gasteiger partial charge in [0, 0.05) is 6.61 Å². The van der Waals surface area contributed by atoms with Gasteiger partial charge in [0.15, 0.2) is 0 Å². The minimum absolute atomic E-state index is 0.552. The number of benzene rings is 1. The Morgan fingerprint density at radius 3 is 2.50 bits per heavy atom. The summed E-state index contributed by atoms with van der Waals surface area (Å²) < 4.78 is 5.92. The van der Waals surface area contributed by atoms with E-state index in [0.29, 0.717) is 5.41 Å². The number of hydrogen-bond donors (Lipinski definition) is 0. The third kappa shape index (κ3) is 5.14. The van der Waals surface area contributed by atoms with E-state index < -0.39 is 0 Å². The first-order valence-electron chi connectivity index (χ1n) is 7.90. The molecular formula is C18H28OS. The normalized spacial score (nSPS) is 18.4. The van der Waals surface area contributed by atoms with Gasteiger partial charge in [0.25, 0.3) is 0 Å². The van der Waals surface area contributed by atoms with E-state index in [4.69, 9.17) is 4.74 Å². The van der Waals surface area contributed by atoms with Crippen LogP contribution in [0.4, 0.5) is 0 Å². The monoisotopic (exact) mass is 292 g/mol. The van der Waals surface area contributed by atoms with Crippen LogP contribution in [0, 0.1) is 11.3 Å². The van der Waals surface area contributed by atoms with Gasteiger partial charge >= 0.3 is 0 Å². The van der Waals surface area contributed by atoms with Gasteiger partial charge in [-0.25, -0.2) is 0 Å². The highest BCUT2D eigenvalue weighted by atomic mass is 32.2. The van der Waals surface area contributed by atoms with Crippen LogP contribution in [0.5, 0.6) is 0 Å². The fourth-order valence-electron chi connectivity index (χ4n) is 3.28. The highest BCUT2D eigenvalue weighted by Crippen LogP contribution is 2.43. The second-order valence-corrected chi connectivity index (χ2v) is 7.72. The van der Waals surface area contributed by atoms with E-state index in [1.165, 1.54) is 42.8 Å². The molecule has 112 valence electrons. The van der Waals surface area contributed by atoms with Crippen molar-refractivity contribution >= 4 is 11.8 Å². The van der Waals surface area contributed by atoms with E-state index in [2.05, 4.69) is 55.9 Å². The molecule has 0 aliphatic carbocycles. The van der Waals surface area contributed by atoms with Crippen LogP contribution in [-0.2, 0) is 11.3 Å². The van der Waals surface area contributed by atoms with Crippen LogP contribution in [0.1, 0.15) is 45.1 Å². The maximum atomic E-state index is 5.92. The average molecular weight is 292 g/mol. The van der Waals surface area contributed by atoms with E-state index in [1.807, 2.05) is 0 Å². The molecule has 2 heteroatoms. The Kier molecular flexibility index (Phi) is 6.44. The van der Waals surface area contributed by atoms with Gasteiger partial charge in [-0.3, -0.25) is 0 Å². The van der Waals surface area contributed by atoms with E-state index in [9.17, 15) is 0 Å². The highest BCUT2D eigenvalue weighted by Gasteiger charge is 2.32. The minimum atomic E-state index is 0.552. The predicted molar refractivity (Wildman–Crippen MR) is 89.2 cm³/mol. The van der Waals surface area contributed by atoms with E-state index in [0.717, 1.165) is 19.1 Å². The first-order chi connectivity index (χ1) is 9.70. The topological polar surface area (TPSA) is 9.23 Å². The fraction of sp³-hybridized carbons (Fsp3) is 0.667. The van der Waals surface area contributed by atoms with Gasteiger partial charge in [-0.2, -0.15) is 11.8 Å². The van der Waals surface area contributed by atoms with Crippen LogP contribution in [0.3, 0.4) is 0 Å². The van der Waals surface area contributed by atoms with Crippen molar-refractivity contribution in [2.24, 2.45) is 11.3 Å². The molecule has 2 rings (SSSR count). The number of ether oxygens (including phenoxy) is 1. The van der Waals surface area contributed by atoms with Gasteiger partial charge in [0.2, 0.25) is 0 Å². The van der Waals surface area contributed by atoms with Gasteiger partial charge in [0.05, 0.1) is 6.61 Å². The lowest BCUT2D eigenvalue weighted by Gasteiger charge is -2.38. The molecule has 0 N–H and O–H groups in total. The third-order valence-corrected chi connectivity index (χ3v) is 5.27. The van der Waals surface area contributed by atoms with Crippen LogP contribution in [0.2, 0.25) is 0 Å². The largest absolute Gasteiger partial charge is 0.377 e. The second kappa shape index (κ2) is 8.09. The van der Waals surface area contributed by atoms with Crippen molar-refractivity contribution in [2.75, 3.05) is 18.1 Å². The summed E-state index contributed by atoms with van der Waals surface area (Å²) in [6, 6.07) is 10.5. The summed E-state index contributed by atoms with van der Waals surface area (Å²) in [6.07, 6.45) is 5.36. The van der Waals surface area contributed by atoms with Crippen molar-refractivity contribution in [1.29, 1.82) is 0 Å². The Bertz CT molecular complexity index is 368. The van der Waals surface area contributed by atoms with Crippen LogP contribution >= 0.6 is 11.8 Å². The Balaban J connectivity index is 1.77. The fourth-order valence-corrected chi connectivity index (χ4v) is 4.64. The number of rotatable bonds is 7. The number of hydrogen-bond acceptors (Lipinski definition) is 2. The molecule has 1 nitrogen and oxygen atoms in total. The third-order valence-electron chi connectivity index (χ3n) is 4.28. The molecule has 20 heavy (non-hydrogen) atoms. The molecule has 0 saturated carbocycles. The molecule has 0 amide bonds. The van der Waals surface area contributed by atoms with Crippen LogP contribution in [0.15, 0.2) is 30.3 Å². The lowest BCUT2D eigenvalue weighted by Crippen LogP contribution is -2.29.